The molecule has 13 heteroatoms. The lowest BCUT2D eigenvalue weighted by Gasteiger charge is -2.40. The van der Waals surface area contributed by atoms with E-state index in [2.05, 4.69) is 0 Å². The van der Waals surface area contributed by atoms with E-state index in [1.54, 1.807) is 17.4 Å². The van der Waals surface area contributed by atoms with E-state index in [1.165, 1.54) is 19.3 Å². The number of allylic oxidation sites excluding steroid dienone is 1. The second-order valence-corrected chi connectivity index (χ2v) is 9.35. The van der Waals surface area contributed by atoms with Crippen LogP contribution in [0.3, 0.4) is 0 Å². The Morgan fingerprint density at radius 2 is 1.71 bits per heavy atom. The van der Waals surface area contributed by atoms with Gasteiger partial charge >= 0.3 is 12.1 Å². The topological polar surface area (TPSA) is 207 Å². The van der Waals surface area contributed by atoms with E-state index in [0.717, 1.165) is 5.56 Å². The van der Waals surface area contributed by atoms with Crippen molar-refractivity contribution < 1.29 is 53.8 Å². The zero-order valence-electron chi connectivity index (χ0n) is 21.5. The van der Waals surface area contributed by atoms with E-state index >= 15 is 0 Å². The van der Waals surface area contributed by atoms with Crippen LogP contribution < -0.4 is 15.8 Å². The molecule has 214 valence electrons. The van der Waals surface area contributed by atoms with Gasteiger partial charge in [-0.2, -0.15) is 0 Å². The van der Waals surface area contributed by atoms with E-state index in [4.69, 9.17) is 24.7 Å². The molecular weight excluding hydrogens is 540 g/mol. The van der Waals surface area contributed by atoms with Crippen molar-refractivity contribution in [3.8, 4) is 22.6 Å². The fourth-order valence-corrected chi connectivity index (χ4v) is 4.89. The molecule has 1 aliphatic carbocycles. The number of primary amides is 1. The lowest BCUT2D eigenvalue weighted by atomic mass is 9.86. The third kappa shape index (κ3) is 5.14. The number of Topliss-reactive ketones (excluding diaryl/α,β-unsaturated/α-hetero) is 1. The van der Waals surface area contributed by atoms with Crippen LogP contribution in [0.4, 0.5) is 9.59 Å². The van der Waals surface area contributed by atoms with Gasteiger partial charge in [0.25, 0.3) is 0 Å². The first-order valence-corrected chi connectivity index (χ1v) is 12.4. The summed E-state index contributed by atoms with van der Waals surface area (Å²) >= 11 is 0. The van der Waals surface area contributed by atoms with Crippen molar-refractivity contribution in [2.75, 3.05) is 13.7 Å². The highest BCUT2D eigenvalue weighted by molar-refractivity contribution is 6.25. The van der Waals surface area contributed by atoms with Crippen LogP contribution in [0.1, 0.15) is 15.9 Å². The van der Waals surface area contributed by atoms with Crippen molar-refractivity contribution in [3.05, 3.63) is 65.4 Å². The predicted molar refractivity (Wildman–Crippen MR) is 142 cm³/mol. The van der Waals surface area contributed by atoms with E-state index in [9.17, 15) is 34.8 Å². The molecular formula is C28H26N2O11. The van der Waals surface area contributed by atoms with Crippen LogP contribution in [0.2, 0.25) is 0 Å². The second-order valence-electron chi connectivity index (χ2n) is 9.35. The second kappa shape index (κ2) is 11.1. The minimum atomic E-state index is -1.81. The van der Waals surface area contributed by atoms with Crippen molar-refractivity contribution in [2.24, 2.45) is 5.73 Å². The Bertz CT molecular complexity index is 1560. The standard InChI is InChI=1S/C28H26N2O11/c1-38-17-10-13-9-16(31)25(20-14(12-5-3-2-4-6-12)7-8-15(19(13)20)21(17)32)41-26-24(35)23(34)22(33)18(40-26)11-39-28(37)30-27(29)36/h2-10,18,22-24,26,31,33-35H,11H2,1H3,(H3,29,30,36,37)/t18-,22-,23+,24-,26+/m1/s1. The third-order valence-electron chi connectivity index (χ3n) is 6.81. The monoisotopic (exact) mass is 566 g/mol. The summed E-state index contributed by atoms with van der Waals surface area (Å²) in [5.41, 5.74) is 6.93. The summed E-state index contributed by atoms with van der Waals surface area (Å²) in [5, 5.41) is 45.2. The van der Waals surface area contributed by atoms with Gasteiger partial charge < -0.3 is 45.1 Å². The average molecular weight is 567 g/mol. The van der Waals surface area contributed by atoms with E-state index in [0.29, 0.717) is 21.9 Å². The first kappa shape index (κ1) is 27.9. The fraction of sp³-hybridized carbons (Fsp3) is 0.250. The number of nitrogens with one attached hydrogen (secondary N) is 1. The molecule has 0 radical (unpaired) electrons. The smallest absolute Gasteiger partial charge is 0.415 e. The lowest BCUT2D eigenvalue weighted by molar-refractivity contribution is -0.277. The van der Waals surface area contributed by atoms with Gasteiger partial charge in [-0.1, -0.05) is 36.4 Å². The number of urea groups is 1. The quantitative estimate of drug-likeness (QED) is 0.251. The van der Waals surface area contributed by atoms with Crippen LogP contribution in [-0.2, 0) is 14.2 Å². The molecule has 3 aromatic carbocycles. The zero-order chi connectivity index (χ0) is 29.4. The number of alkyl carbamates (subject to hydrolysis) is 1. The maximum Gasteiger partial charge on any atom is 0.415 e. The molecule has 1 saturated heterocycles. The third-order valence-corrected chi connectivity index (χ3v) is 6.81. The van der Waals surface area contributed by atoms with Gasteiger partial charge in [0.1, 0.15) is 31.0 Å². The van der Waals surface area contributed by atoms with Gasteiger partial charge in [0.2, 0.25) is 12.1 Å². The van der Waals surface area contributed by atoms with E-state index in [1.807, 2.05) is 30.3 Å². The number of carbonyl (C=O) groups excluding carboxylic acids is 3. The minimum Gasteiger partial charge on any atom is -0.504 e. The number of methoxy groups -OCH3 is 1. The number of phenols is 1. The van der Waals surface area contributed by atoms with Crippen LogP contribution in [0.15, 0.2) is 54.3 Å². The van der Waals surface area contributed by atoms with Crippen molar-refractivity contribution in [1.29, 1.82) is 0 Å². The van der Waals surface area contributed by atoms with Crippen molar-refractivity contribution in [2.45, 2.75) is 30.7 Å². The maximum atomic E-state index is 13.1. The molecule has 0 bridgehead atoms. The number of hydrogen-bond acceptors (Lipinski definition) is 11. The van der Waals surface area contributed by atoms with Gasteiger partial charge in [-0.3, -0.25) is 4.79 Å². The summed E-state index contributed by atoms with van der Waals surface area (Å²) in [5.74, 6) is -0.871. The predicted octanol–water partition coefficient (Wildman–Crippen LogP) is 1.39. The zero-order valence-corrected chi connectivity index (χ0v) is 21.5. The van der Waals surface area contributed by atoms with Gasteiger partial charge in [0.05, 0.1) is 7.11 Å². The number of aliphatic hydroxyl groups is 3. The summed E-state index contributed by atoms with van der Waals surface area (Å²) in [7, 11) is 1.36. The van der Waals surface area contributed by atoms with Crippen LogP contribution in [0.25, 0.3) is 28.0 Å². The SMILES string of the molecule is COC1=Cc2cc(O)c(O[C@@H]3O[C@H](COC(=O)NC(N)=O)[C@@H](O)[C@H](O)[C@H]3O)c3c(-c4ccccc4)ccc(c23)C1=O. The molecule has 1 heterocycles. The largest absolute Gasteiger partial charge is 0.504 e. The van der Waals surface area contributed by atoms with Gasteiger partial charge in [-0.25, -0.2) is 14.9 Å². The summed E-state index contributed by atoms with van der Waals surface area (Å²) in [6.45, 7) is -0.659. The number of rotatable bonds is 6. The summed E-state index contributed by atoms with van der Waals surface area (Å²) in [4.78, 5) is 35.7. The maximum absolute atomic E-state index is 13.1. The molecule has 1 fully saturated rings. The molecule has 41 heavy (non-hydrogen) atoms. The van der Waals surface area contributed by atoms with Gasteiger partial charge in [0.15, 0.2) is 17.3 Å². The Labute approximate surface area is 232 Å². The van der Waals surface area contributed by atoms with Crippen LogP contribution in [0.5, 0.6) is 11.5 Å². The Balaban J connectivity index is 1.58. The number of carbonyl (C=O) groups is 3. The first-order valence-electron chi connectivity index (χ1n) is 12.4. The average Bonchev–Trinajstić information content (AvgIpc) is 2.95. The van der Waals surface area contributed by atoms with Crippen molar-refractivity contribution in [3.63, 3.8) is 0 Å². The Morgan fingerprint density at radius 1 is 1.00 bits per heavy atom. The number of aliphatic hydroxyl groups excluding tert-OH is 3. The minimum absolute atomic E-state index is 0.0747. The molecule has 7 N–H and O–H groups in total. The van der Waals surface area contributed by atoms with Crippen LogP contribution >= 0.6 is 0 Å². The normalized spacial score (nSPS) is 23.5. The number of nitrogens with two attached hydrogens (primary N) is 1. The van der Waals surface area contributed by atoms with Crippen molar-refractivity contribution in [1.82, 2.24) is 5.32 Å². The molecule has 0 saturated carbocycles. The van der Waals surface area contributed by atoms with Crippen molar-refractivity contribution >= 4 is 34.8 Å². The lowest BCUT2D eigenvalue weighted by Crippen LogP contribution is -2.60. The molecule has 5 atom stereocenters. The molecule has 0 spiro atoms. The number of amides is 3. The molecule has 5 rings (SSSR count). The van der Waals surface area contributed by atoms with Crippen LogP contribution in [0, 0.1) is 0 Å². The summed E-state index contributed by atoms with van der Waals surface area (Å²) < 4.78 is 21.7. The number of hydrogen-bond donors (Lipinski definition) is 6. The number of ketones is 1. The molecule has 2 aliphatic rings. The number of imide groups is 1. The number of phenolic OH excluding ortho intramolecular Hbond substituents is 1. The number of aromatic hydroxyl groups is 1. The van der Waals surface area contributed by atoms with E-state index < -0.39 is 49.4 Å². The van der Waals surface area contributed by atoms with Gasteiger partial charge in [0, 0.05) is 16.3 Å². The molecule has 13 nitrogen and oxygen atoms in total. The first-order chi connectivity index (χ1) is 19.6. The van der Waals surface area contributed by atoms with Crippen LogP contribution in [-0.4, -0.2) is 82.8 Å². The van der Waals surface area contributed by atoms with Gasteiger partial charge in [-0.15, -0.1) is 0 Å². The molecule has 1 aliphatic heterocycles. The van der Waals surface area contributed by atoms with Gasteiger partial charge in [-0.05, 0) is 34.9 Å². The Morgan fingerprint density at radius 3 is 2.39 bits per heavy atom. The van der Waals surface area contributed by atoms with E-state index in [-0.39, 0.29) is 28.6 Å². The number of ether oxygens (including phenoxy) is 4. The highest BCUT2D eigenvalue weighted by atomic mass is 16.7. The molecule has 0 aromatic heterocycles. The summed E-state index contributed by atoms with van der Waals surface area (Å²) in [6.07, 6.45) is -8.18. The Kier molecular flexibility index (Phi) is 7.51. The number of benzene rings is 3. The molecule has 0 unspecified atom stereocenters. The molecule has 3 aromatic rings. The molecule has 3 amide bonds. The highest BCUT2D eigenvalue weighted by Crippen LogP contribution is 2.47. The highest BCUT2D eigenvalue weighted by Gasteiger charge is 2.46. The summed E-state index contributed by atoms with van der Waals surface area (Å²) in [6, 6.07) is 12.6. The fourth-order valence-electron chi connectivity index (χ4n) is 4.89. The Hall–Kier alpha value is -4.69.